The van der Waals surface area contributed by atoms with Gasteiger partial charge < -0.3 is 5.32 Å². The van der Waals surface area contributed by atoms with Crippen LogP contribution >= 0.6 is 15.9 Å². The fourth-order valence-corrected chi connectivity index (χ4v) is 1.59. The zero-order chi connectivity index (χ0) is 14.0. The van der Waals surface area contributed by atoms with E-state index in [4.69, 9.17) is 0 Å². The molecule has 100 valence electrons. The van der Waals surface area contributed by atoms with Crippen LogP contribution in [-0.2, 0) is 11.8 Å². The van der Waals surface area contributed by atoms with Gasteiger partial charge in [-0.15, -0.1) is 5.10 Å². The molecule has 2 aromatic rings. The first-order chi connectivity index (χ1) is 8.88. The molecule has 0 bridgehead atoms. The third-order valence-electron chi connectivity index (χ3n) is 2.54. The molecule has 0 aliphatic rings. The number of tetrazole rings is 1. The highest BCUT2D eigenvalue weighted by molar-refractivity contribution is 9.10. The topological polar surface area (TPSA) is 72.7 Å². The molecule has 0 saturated heterocycles. The number of nitrogens with one attached hydrogen (secondary N) is 1. The lowest BCUT2D eigenvalue weighted by Crippen LogP contribution is -2.30. The number of carbonyl (C=O) groups is 1. The number of hydrogen-bond donors (Lipinski definition) is 1. The Balaban J connectivity index is 2.26. The Bertz CT molecular complexity index is 602. The van der Waals surface area contributed by atoms with Gasteiger partial charge in [-0.3, -0.25) is 4.79 Å². The molecule has 1 aromatic heterocycles. The molecule has 0 spiro atoms. The van der Waals surface area contributed by atoms with Gasteiger partial charge in [0.1, 0.15) is 0 Å². The van der Waals surface area contributed by atoms with E-state index in [0.29, 0.717) is 11.5 Å². The van der Waals surface area contributed by atoms with Crippen LogP contribution in [0.4, 0.5) is 5.69 Å². The minimum absolute atomic E-state index is 0.110. The molecule has 1 heterocycles. The van der Waals surface area contributed by atoms with Gasteiger partial charge in [0.25, 0.3) is 0 Å². The van der Waals surface area contributed by atoms with Crippen molar-refractivity contribution < 1.29 is 4.79 Å². The summed E-state index contributed by atoms with van der Waals surface area (Å²) < 4.78 is 0.963. The molecule has 0 aliphatic heterocycles. The lowest BCUT2D eigenvalue weighted by molar-refractivity contribution is -0.117. The summed E-state index contributed by atoms with van der Waals surface area (Å²) in [5.41, 5.74) is 1.55. The van der Waals surface area contributed by atoms with Crippen LogP contribution in [0, 0.1) is 0 Å². The zero-order valence-electron chi connectivity index (χ0n) is 10.9. The molecule has 1 N–H and O–H groups in total. The molecular weight excluding hydrogens is 310 g/mol. The van der Waals surface area contributed by atoms with Gasteiger partial charge in [0.05, 0.1) is 4.32 Å². The van der Waals surface area contributed by atoms with E-state index in [0.717, 1.165) is 5.56 Å². The van der Waals surface area contributed by atoms with Crippen LogP contribution in [0.1, 0.15) is 13.8 Å². The van der Waals surface area contributed by atoms with Crippen LogP contribution in [0.25, 0.3) is 11.4 Å². The molecule has 2 rings (SSSR count). The summed E-state index contributed by atoms with van der Waals surface area (Å²) >= 11 is 3.32. The number of amides is 1. The van der Waals surface area contributed by atoms with E-state index in [9.17, 15) is 4.79 Å². The average molecular weight is 324 g/mol. The van der Waals surface area contributed by atoms with Crippen molar-refractivity contribution in [2.45, 2.75) is 18.2 Å². The maximum atomic E-state index is 11.9. The largest absolute Gasteiger partial charge is 0.325 e. The van der Waals surface area contributed by atoms with Crippen molar-refractivity contribution in [2.24, 2.45) is 7.05 Å². The number of alkyl halides is 1. The highest BCUT2D eigenvalue weighted by Crippen LogP contribution is 2.22. The number of aryl methyl sites for hydroxylation is 1. The summed E-state index contributed by atoms with van der Waals surface area (Å²) in [6, 6.07) is 7.40. The van der Waals surface area contributed by atoms with Gasteiger partial charge in [0.2, 0.25) is 5.91 Å². The molecule has 0 atom stereocenters. The minimum Gasteiger partial charge on any atom is -0.325 e. The first-order valence-electron chi connectivity index (χ1n) is 5.71. The molecule has 0 fully saturated rings. The molecule has 1 aromatic carbocycles. The van der Waals surface area contributed by atoms with Crippen LogP contribution in [-0.4, -0.2) is 30.4 Å². The van der Waals surface area contributed by atoms with Crippen molar-refractivity contribution in [1.82, 2.24) is 20.2 Å². The number of aromatic nitrogens is 4. The fraction of sp³-hybridized carbons (Fsp3) is 0.333. The Morgan fingerprint density at radius 2 is 2.16 bits per heavy atom. The summed E-state index contributed by atoms with van der Waals surface area (Å²) in [5, 5.41) is 14.2. The van der Waals surface area contributed by atoms with Gasteiger partial charge in [-0.25, -0.2) is 4.68 Å². The van der Waals surface area contributed by atoms with E-state index in [1.54, 1.807) is 25.6 Å². The maximum absolute atomic E-state index is 11.9. The lowest BCUT2D eigenvalue weighted by atomic mass is 10.1. The molecule has 7 heteroatoms. The summed E-state index contributed by atoms with van der Waals surface area (Å²) in [4.78, 5) is 11.9. The molecule has 6 nitrogen and oxygen atoms in total. The first-order valence-corrected chi connectivity index (χ1v) is 6.50. The van der Waals surface area contributed by atoms with Crippen LogP contribution < -0.4 is 5.32 Å². The molecule has 0 saturated carbocycles. The molecule has 0 unspecified atom stereocenters. The molecule has 0 aliphatic carbocycles. The normalized spacial score (nSPS) is 11.4. The summed E-state index contributed by atoms with van der Waals surface area (Å²) in [6.45, 7) is 3.58. The highest BCUT2D eigenvalue weighted by atomic mass is 79.9. The number of carbonyl (C=O) groups excluding carboxylic acids is 1. The molecular formula is C12H14BrN5O. The molecule has 0 radical (unpaired) electrons. The average Bonchev–Trinajstić information content (AvgIpc) is 2.74. The third kappa shape index (κ3) is 3.17. The number of halogens is 1. The summed E-state index contributed by atoms with van der Waals surface area (Å²) in [7, 11) is 1.77. The van der Waals surface area contributed by atoms with Crippen LogP contribution in [0.15, 0.2) is 24.3 Å². The van der Waals surface area contributed by atoms with E-state index in [1.165, 1.54) is 0 Å². The quantitative estimate of drug-likeness (QED) is 0.877. The summed E-state index contributed by atoms with van der Waals surface area (Å²) in [5.74, 6) is 0.537. The van der Waals surface area contributed by atoms with Crippen LogP contribution in [0.3, 0.4) is 0 Å². The van der Waals surface area contributed by atoms with Crippen molar-refractivity contribution in [3.63, 3.8) is 0 Å². The molecule has 1 amide bonds. The van der Waals surface area contributed by atoms with E-state index >= 15 is 0 Å². The van der Waals surface area contributed by atoms with Gasteiger partial charge in [0.15, 0.2) is 5.82 Å². The number of nitrogens with zero attached hydrogens (tertiary/aromatic N) is 4. The summed E-state index contributed by atoms with van der Waals surface area (Å²) in [6.07, 6.45) is 0. The molecule has 19 heavy (non-hydrogen) atoms. The number of hydrogen-bond acceptors (Lipinski definition) is 4. The number of benzene rings is 1. The predicted octanol–water partition coefficient (Wildman–Crippen LogP) is 1.99. The van der Waals surface area contributed by atoms with Crippen molar-refractivity contribution >= 4 is 27.5 Å². The zero-order valence-corrected chi connectivity index (χ0v) is 12.5. The fourth-order valence-electron chi connectivity index (χ4n) is 1.49. The smallest absolute Gasteiger partial charge is 0.240 e. The Labute approximate surface area is 119 Å². The van der Waals surface area contributed by atoms with E-state index in [1.807, 2.05) is 24.3 Å². The van der Waals surface area contributed by atoms with Crippen molar-refractivity contribution in [3.8, 4) is 11.4 Å². The van der Waals surface area contributed by atoms with Gasteiger partial charge >= 0.3 is 0 Å². The number of rotatable bonds is 3. The highest BCUT2D eigenvalue weighted by Gasteiger charge is 2.23. The maximum Gasteiger partial charge on any atom is 0.240 e. The lowest BCUT2D eigenvalue weighted by Gasteiger charge is -2.16. The second kappa shape index (κ2) is 5.08. The first kappa shape index (κ1) is 13.7. The second-order valence-corrected chi connectivity index (χ2v) is 6.62. The van der Waals surface area contributed by atoms with Crippen molar-refractivity contribution in [2.75, 3.05) is 5.32 Å². The Morgan fingerprint density at radius 1 is 1.42 bits per heavy atom. The Morgan fingerprint density at radius 3 is 2.74 bits per heavy atom. The van der Waals surface area contributed by atoms with Gasteiger partial charge in [-0.05, 0) is 36.4 Å². The Kier molecular flexibility index (Phi) is 3.66. The van der Waals surface area contributed by atoms with Crippen molar-refractivity contribution in [1.29, 1.82) is 0 Å². The SMILES string of the molecule is Cn1nnnc1-c1cccc(NC(=O)C(C)(C)Br)c1. The standard InChI is InChI=1S/C12H14BrN5O/c1-12(2,13)11(19)14-9-6-4-5-8(7-9)10-15-16-17-18(10)3/h4-7H,1-3H3,(H,14,19). The van der Waals surface area contributed by atoms with Gasteiger partial charge in [-0.2, -0.15) is 0 Å². The second-order valence-electron chi connectivity index (χ2n) is 4.63. The van der Waals surface area contributed by atoms with Crippen LogP contribution in [0.5, 0.6) is 0 Å². The van der Waals surface area contributed by atoms with E-state index in [-0.39, 0.29) is 5.91 Å². The predicted molar refractivity (Wildman–Crippen MR) is 75.9 cm³/mol. The van der Waals surface area contributed by atoms with Crippen LogP contribution in [0.2, 0.25) is 0 Å². The minimum atomic E-state index is -0.616. The van der Waals surface area contributed by atoms with Gasteiger partial charge in [0, 0.05) is 18.3 Å². The van der Waals surface area contributed by atoms with Crippen molar-refractivity contribution in [3.05, 3.63) is 24.3 Å². The monoisotopic (exact) mass is 323 g/mol. The third-order valence-corrected chi connectivity index (χ3v) is 2.90. The van der Waals surface area contributed by atoms with Gasteiger partial charge in [-0.1, -0.05) is 28.1 Å². The number of anilines is 1. The van der Waals surface area contributed by atoms with E-state index in [2.05, 4.69) is 36.8 Å². The Hall–Kier alpha value is -1.76. The van der Waals surface area contributed by atoms with E-state index < -0.39 is 4.32 Å².